The van der Waals surface area contributed by atoms with Gasteiger partial charge < -0.3 is 10.1 Å². The highest BCUT2D eigenvalue weighted by molar-refractivity contribution is 7.89. The first-order valence-electron chi connectivity index (χ1n) is 11.2. The standard InChI is InChI=1S/C25H24N4O4S2/c1-33-19-11-9-18(10-12-19)21-16-34-25(27-21)28-23(30)22-8-4-5-15-29(22)35(31,32)24-20-7-3-2-6-17(20)13-14-26-24/h2-3,6-7,9-14,16,22H,4-5,8,15H2,1H3,(H,27,28,30)/t22-/m1/s1. The SMILES string of the molecule is COc1ccc(-c2csc(NC(=O)[C@H]3CCCCN3S(=O)(=O)c3nccc4ccccc34)n2)cc1. The van der Waals surface area contributed by atoms with Crippen molar-refractivity contribution in [3.8, 4) is 17.0 Å². The van der Waals surface area contributed by atoms with Gasteiger partial charge in [-0.3, -0.25) is 4.79 Å². The predicted octanol–water partition coefficient (Wildman–Crippen LogP) is 4.55. The first-order valence-corrected chi connectivity index (χ1v) is 13.6. The smallest absolute Gasteiger partial charge is 0.261 e. The molecule has 10 heteroatoms. The number of nitrogens with zero attached hydrogens (tertiary/aromatic N) is 3. The van der Waals surface area contributed by atoms with Gasteiger partial charge in [0.1, 0.15) is 11.8 Å². The van der Waals surface area contributed by atoms with Gasteiger partial charge >= 0.3 is 0 Å². The molecule has 1 atom stereocenters. The normalized spacial score (nSPS) is 16.8. The number of hydrogen-bond donors (Lipinski definition) is 1. The number of carbonyl (C=O) groups is 1. The van der Waals surface area contributed by atoms with E-state index in [0.29, 0.717) is 23.4 Å². The van der Waals surface area contributed by atoms with Crippen LogP contribution >= 0.6 is 11.3 Å². The maximum atomic E-state index is 13.7. The summed E-state index contributed by atoms with van der Waals surface area (Å²) in [6.45, 7) is 0.264. The number of ether oxygens (including phenoxy) is 1. The van der Waals surface area contributed by atoms with Crippen LogP contribution in [-0.4, -0.2) is 48.3 Å². The Morgan fingerprint density at radius 2 is 1.91 bits per heavy atom. The number of anilines is 1. The lowest BCUT2D eigenvalue weighted by molar-refractivity contribution is -0.120. The van der Waals surface area contributed by atoms with Gasteiger partial charge in [-0.25, -0.2) is 18.4 Å². The number of hydrogen-bond acceptors (Lipinski definition) is 7. The molecule has 1 aliphatic rings. The summed E-state index contributed by atoms with van der Waals surface area (Å²) in [6.07, 6.45) is 3.38. The first-order chi connectivity index (χ1) is 17.0. The summed E-state index contributed by atoms with van der Waals surface area (Å²) in [4.78, 5) is 22.0. The van der Waals surface area contributed by atoms with E-state index in [1.807, 2.05) is 41.8 Å². The Morgan fingerprint density at radius 1 is 1.11 bits per heavy atom. The molecule has 1 N–H and O–H groups in total. The number of sulfonamides is 1. The molecule has 1 saturated heterocycles. The second-order valence-electron chi connectivity index (χ2n) is 8.22. The summed E-state index contributed by atoms with van der Waals surface area (Å²) in [7, 11) is -2.38. The van der Waals surface area contributed by atoms with Gasteiger partial charge in [-0.1, -0.05) is 30.7 Å². The molecule has 1 aliphatic heterocycles. The van der Waals surface area contributed by atoms with Gasteiger partial charge in [0, 0.05) is 29.1 Å². The zero-order valence-electron chi connectivity index (χ0n) is 19.0. The number of methoxy groups -OCH3 is 1. The Balaban J connectivity index is 1.39. The van der Waals surface area contributed by atoms with Crippen LogP contribution in [0.5, 0.6) is 5.75 Å². The van der Waals surface area contributed by atoms with Gasteiger partial charge in [0.25, 0.3) is 10.0 Å². The zero-order chi connectivity index (χ0) is 24.4. The van der Waals surface area contributed by atoms with Crippen LogP contribution in [0.4, 0.5) is 5.13 Å². The number of amides is 1. The quantitative estimate of drug-likeness (QED) is 0.410. The van der Waals surface area contributed by atoms with E-state index in [4.69, 9.17) is 4.74 Å². The number of rotatable bonds is 6. The second-order valence-corrected chi connectivity index (χ2v) is 10.9. The van der Waals surface area contributed by atoms with Crippen LogP contribution in [0, 0.1) is 0 Å². The molecule has 5 rings (SSSR count). The van der Waals surface area contributed by atoms with Crippen LogP contribution in [-0.2, 0) is 14.8 Å². The van der Waals surface area contributed by atoms with E-state index in [0.717, 1.165) is 28.8 Å². The van der Waals surface area contributed by atoms with Gasteiger partial charge in [0.15, 0.2) is 10.2 Å². The van der Waals surface area contributed by atoms with Gasteiger partial charge in [0.05, 0.1) is 12.8 Å². The number of pyridine rings is 1. The Bertz CT molecular complexity index is 1460. The molecule has 0 unspecified atom stereocenters. The molecule has 2 aromatic heterocycles. The fourth-order valence-corrected chi connectivity index (χ4v) is 6.79. The van der Waals surface area contributed by atoms with E-state index in [2.05, 4.69) is 15.3 Å². The van der Waals surface area contributed by atoms with Crippen LogP contribution in [0.25, 0.3) is 22.0 Å². The van der Waals surface area contributed by atoms with E-state index in [1.54, 1.807) is 25.3 Å². The minimum Gasteiger partial charge on any atom is -0.497 e. The van der Waals surface area contributed by atoms with Gasteiger partial charge in [-0.15, -0.1) is 11.3 Å². The van der Waals surface area contributed by atoms with Crippen molar-refractivity contribution in [3.05, 3.63) is 66.2 Å². The summed E-state index contributed by atoms with van der Waals surface area (Å²) in [5.74, 6) is 0.362. The topological polar surface area (TPSA) is 101 Å². The Kier molecular flexibility index (Phi) is 6.50. The van der Waals surface area contributed by atoms with Crippen LogP contribution < -0.4 is 10.1 Å². The van der Waals surface area contributed by atoms with E-state index >= 15 is 0 Å². The molecule has 0 radical (unpaired) electrons. The summed E-state index contributed by atoms with van der Waals surface area (Å²) in [5.41, 5.74) is 1.62. The minimum absolute atomic E-state index is 0.0219. The van der Waals surface area contributed by atoms with Crippen molar-refractivity contribution in [3.63, 3.8) is 0 Å². The monoisotopic (exact) mass is 508 g/mol. The number of aromatic nitrogens is 2. The third-order valence-electron chi connectivity index (χ3n) is 6.07. The molecule has 35 heavy (non-hydrogen) atoms. The Hall–Kier alpha value is -3.34. The van der Waals surface area contributed by atoms with Crippen molar-refractivity contribution in [2.45, 2.75) is 30.3 Å². The van der Waals surface area contributed by atoms with Crippen molar-refractivity contribution < 1.29 is 17.9 Å². The number of carbonyl (C=O) groups excluding carboxylic acids is 1. The Labute approximate surface area is 207 Å². The molecule has 180 valence electrons. The molecule has 0 saturated carbocycles. The highest BCUT2D eigenvalue weighted by Gasteiger charge is 2.39. The maximum absolute atomic E-state index is 13.7. The van der Waals surface area contributed by atoms with Crippen molar-refractivity contribution >= 4 is 43.2 Å². The average molecular weight is 509 g/mol. The van der Waals surface area contributed by atoms with Crippen molar-refractivity contribution in [1.29, 1.82) is 0 Å². The summed E-state index contributed by atoms with van der Waals surface area (Å²) < 4.78 is 33.8. The number of nitrogens with one attached hydrogen (secondary N) is 1. The van der Waals surface area contributed by atoms with Crippen molar-refractivity contribution in [2.75, 3.05) is 19.0 Å². The molecular formula is C25H24N4O4S2. The van der Waals surface area contributed by atoms with Gasteiger partial charge in [-0.05, 0) is 48.6 Å². The highest BCUT2D eigenvalue weighted by atomic mass is 32.2. The maximum Gasteiger partial charge on any atom is 0.261 e. The predicted molar refractivity (Wildman–Crippen MR) is 136 cm³/mol. The van der Waals surface area contributed by atoms with E-state index in [-0.39, 0.29) is 17.5 Å². The lowest BCUT2D eigenvalue weighted by Crippen LogP contribution is -2.50. The van der Waals surface area contributed by atoms with Crippen molar-refractivity contribution in [2.24, 2.45) is 0 Å². The minimum atomic E-state index is -3.99. The molecule has 3 heterocycles. The molecular weight excluding hydrogens is 484 g/mol. The lowest BCUT2D eigenvalue weighted by atomic mass is 10.0. The van der Waals surface area contributed by atoms with E-state index in [9.17, 15) is 13.2 Å². The summed E-state index contributed by atoms with van der Waals surface area (Å²) >= 11 is 1.30. The molecule has 4 aromatic rings. The summed E-state index contributed by atoms with van der Waals surface area (Å²) in [5, 5.41) is 6.42. The highest BCUT2D eigenvalue weighted by Crippen LogP contribution is 2.31. The fourth-order valence-electron chi connectivity index (χ4n) is 4.28. The molecule has 8 nitrogen and oxygen atoms in total. The van der Waals surface area contributed by atoms with E-state index in [1.165, 1.54) is 21.8 Å². The van der Waals surface area contributed by atoms with Crippen LogP contribution in [0.1, 0.15) is 19.3 Å². The average Bonchev–Trinajstić information content (AvgIpc) is 3.36. The Morgan fingerprint density at radius 3 is 2.71 bits per heavy atom. The molecule has 0 bridgehead atoms. The van der Waals surface area contributed by atoms with Gasteiger partial charge in [0.2, 0.25) is 5.91 Å². The van der Waals surface area contributed by atoms with Crippen LogP contribution in [0.3, 0.4) is 0 Å². The molecule has 0 spiro atoms. The van der Waals surface area contributed by atoms with Gasteiger partial charge in [-0.2, -0.15) is 4.31 Å². The molecule has 1 amide bonds. The van der Waals surface area contributed by atoms with Crippen molar-refractivity contribution in [1.82, 2.24) is 14.3 Å². The molecule has 0 aliphatic carbocycles. The lowest BCUT2D eigenvalue weighted by Gasteiger charge is -2.33. The molecule has 2 aromatic carbocycles. The third-order valence-corrected chi connectivity index (χ3v) is 8.69. The first kappa shape index (κ1) is 23.4. The number of thiazole rings is 1. The number of benzene rings is 2. The molecule has 1 fully saturated rings. The number of piperidine rings is 1. The number of fused-ring (bicyclic) bond motifs is 1. The van der Waals surface area contributed by atoms with Crippen LogP contribution in [0.15, 0.2) is 71.2 Å². The summed E-state index contributed by atoms with van der Waals surface area (Å²) in [6, 6.07) is 15.6. The zero-order valence-corrected chi connectivity index (χ0v) is 20.7. The largest absolute Gasteiger partial charge is 0.497 e. The second kappa shape index (κ2) is 9.73. The third kappa shape index (κ3) is 4.64. The fraction of sp³-hybridized carbons (Fsp3) is 0.240. The van der Waals surface area contributed by atoms with Crippen LogP contribution in [0.2, 0.25) is 0 Å². The van der Waals surface area contributed by atoms with E-state index < -0.39 is 16.1 Å².